The van der Waals surface area contributed by atoms with Gasteiger partial charge in [-0.2, -0.15) is 0 Å². The Balaban J connectivity index is 1.24. The van der Waals surface area contributed by atoms with E-state index in [2.05, 4.69) is 0 Å². The maximum Gasteiger partial charge on any atom is 0.290 e. The molecular formula is C27H27Cl3N2O3. The number of halogens is 3. The van der Waals surface area contributed by atoms with E-state index in [0.29, 0.717) is 60.0 Å². The second-order valence-corrected chi connectivity index (χ2v) is 10.3. The van der Waals surface area contributed by atoms with Crippen LogP contribution in [-0.2, 0) is 14.4 Å². The molecule has 0 N–H and O–H groups in total. The molecule has 2 aliphatic rings. The Kier molecular flexibility index (Phi) is 8.53. The van der Waals surface area contributed by atoms with Crippen LogP contribution in [0.2, 0.25) is 15.1 Å². The van der Waals surface area contributed by atoms with Crippen molar-refractivity contribution in [1.29, 1.82) is 0 Å². The number of nitrogens with zero attached hydrogens (tertiary/aromatic N) is 2. The predicted molar refractivity (Wildman–Crippen MR) is 140 cm³/mol. The van der Waals surface area contributed by atoms with Crippen LogP contribution in [0, 0.1) is 5.92 Å². The minimum absolute atomic E-state index is 0.127. The topological polar surface area (TPSA) is 57.7 Å². The van der Waals surface area contributed by atoms with Crippen molar-refractivity contribution >= 4 is 58.5 Å². The molecule has 8 heteroatoms. The van der Waals surface area contributed by atoms with Crippen molar-refractivity contribution in [3.63, 3.8) is 0 Å². The summed E-state index contributed by atoms with van der Waals surface area (Å²) in [4.78, 5) is 41.7. The smallest absolute Gasteiger partial charge is 0.290 e. The molecule has 2 fully saturated rings. The number of carbonyl (C=O) groups is 3. The Morgan fingerprint density at radius 2 is 1.40 bits per heavy atom. The lowest BCUT2D eigenvalue weighted by atomic mass is 9.88. The Labute approximate surface area is 220 Å². The highest BCUT2D eigenvalue weighted by Crippen LogP contribution is 2.30. The van der Waals surface area contributed by atoms with E-state index in [1.165, 1.54) is 11.6 Å². The molecule has 35 heavy (non-hydrogen) atoms. The quantitative estimate of drug-likeness (QED) is 0.357. The first kappa shape index (κ1) is 25.7. The fourth-order valence-electron chi connectivity index (χ4n) is 4.73. The summed E-state index contributed by atoms with van der Waals surface area (Å²) >= 11 is 17.9. The molecule has 4 rings (SSSR count). The number of ketones is 1. The Morgan fingerprint density at radius 1 is 0.771 bits per heavy atom. The van der Waals surface area contributed by atoms with Gasteiger partial charge in [0.05, 0.1) is 10.0 Å². The average molecular weight is 534 g/mol. The molecule has 0 radical (unpaired) electrons. The molecule has 0 saturated carbocycles. The fourth-order valence-corrected chi connectivity index (χ4v) is 5.16. The van der Waals surface area contributed by atoms with Crippen LogP contribution in [0.1, 0.15) is 42.7 Å². The van der Waals surface area contributed by atoms with Crippen molar-refractivity contribution in [3.8, 4) is 0 Å². The van der Waals surface area contributed by atoms with Crippen LogP contribution in [0.4, 0.5) is 0 Å². The van der Waals surface area contributed by atoms with Gasteiger partial charge in [-0.15, -0.1) is 0 Å². The van der Waals surface area contributed by atoms with Gasteiger partial charge in [0.15, 0.2) is 0 Å². The zero-order chi connectivity index (χ0) is 24.9. The zero-order valence-corrected chi connectivity index (χ0v) is 21.5. The van der Waals surface area contributed by atoms with Crippen molar-refractivity contribution in [2.45, 2.75) is 31.6 Å². The van der Waals surface area contributed by atoms with Gasteiger partial charge in [-0.05, 0) is 73.1 Å². The normalized spacial score (nSPS) is 17.7. The second-order valence-electron chi connectivity index (χ2n) is 9.09. The third kappa shape index (κ3) is 6.46. The number of benzene rings is 2. The molecule has 2 amide bonds. The molecule has 0 aliphatic carbocycles. The number of carbonyl (C=O) groups excluding carboxylic acids is 3. The Hall–Kier alpha value is -2.34. The molecule has 0 aromatic heterocycles. The summed E-state index contributed by atoms with van der Waals surface area (Å²) in [6.45, 7) is 2.06. The lowest BCUT2D eigenvalue weighted by molar-refractivity contribution is -0.148. The number of likely N-dealkylation sites (tertiary alicyclic amines) is 2. The first-order chi connectivity index (χ1) is 16.8. The highest BCUT2D eigenvalue weighted by atomic mass is 35.5. The van der Waals surface area contributed by atoms with Crippen LogP contribution in [0.3, 0.4) is 0 Å². The predicted octanol–water partition coefficient (Wildman–Crippen LogP) is 5.87. The number of rotatable bonds is 5. The first-order valence-corrected chi connectivity index (χ1v) is 13.0. The Bertz CT molecular complexity index is 1120. The number of amides is 2. The van der Waals surface area contributed by atoms with Gasteiger partial charge in [0.25, 0.3) is 5.91 Å². The molecule has 0 bridgehead atoms. The number of hydrogen-bond acceptors (Lipinski definition) is 3. The minimum Gasteiger partial charge on any atom is -0.339 e. The van der Waals surface area contributed by atoms with Crippen LogP contribution >= 0.6 is 34.8 Å². The third-order valence-electron chi connectivity index (χ3n) is 6.87. The van der Waals surface area contributed by atoms with Crippen molar-refractivity contribution < 1.29 is 14.4 Å². The van der Waals surface area contributed by atoms with Crippen LogP contribution < -0.4 is 0 Å². The van der Waals surface area contributed by atoms with Gasteiger partial charge in [0, 0.05) is 43.2 Å². The van der Waals surface area contributed by atoms with Crippen molar-refractivity contribution in [1.82, 2.24) is 9.80 Å². The minimum atomic E-state index is -0.385. The first-order valence-electron chi connectivity index (χ1n) is 11.8. The maximum atomic E-state index is 12.9. The summed E-state index contributed by atoms with van der Waals surface area (Å²) in [6.07, 6.45) is 5.85. The monoisotopic (exact) mass is 532 g/mol. The number of hydrogen-bond donors (Lipinski definition) is 0. The highest BCUT2D eigenvalue weighted by molar-refractivity contribution is 6.42. The largest absolute Gasteiger partial charge is 0.339 e. The van der Waals surface area contributed by atoms with Crippen LogP contribution in [0.5, 0.6) is 0 Å². The number of Topliss-reactive ketones (excluding diaryl/α,β-unsaturated/α-hetero) is 1. The van der Waals surface area contributed by atoms with Crippen molar-refractivity contribution in [2.24, 2.45) is 5.92 Å². The molecule has 0 atom stereocenters. The lowest BCUT2D eigenvalue weighted by Crippen LogP contribution is -2.46. The van der Waals surface area contributed by atoms with Crippen LogP contribution in [-0.4, -0.2) is 53.6 Å². The molecule has 5 nitrogen and oxygen atoms in total. The summed E-state index contributed by atoms with van der Waals surface area (Å²) in [7, 11) is 0. The summed E-state index contributed by atoms with van der Waals surface area (Å²) in [5.74, 6) is -0.799. The van der Waals surface area contributed by atoms with E-state index in [1.54, 1.807) is 34.1 Å². The molecule has 2 aromatic rings. The van der Waals surface area contributed by atoms with Gasteiger partial charge in [0.2, 0.25) is 11.7 Å². The summed E-state index contributed by atoms with van der Waals surface area (Å²) in [5.41, 5.74) is 2.00. The van der Waals surface area contributed by atoms with Gasteiger partial charge < -0.3 is 9.80 Å². The molecule has 184 valence electrons. The van der Waals surface area contributed by atoms with Gasteiger partial charge in [-0.3, -0.25) is 14.4 Å². The average Bonchev–Trinajstić information content (AvgIpc) is 2.89. The van der Waals surface area contributed by atoms with Crippen molar-refractivity contribution in [2.75, 3.05) is 26.2 Å². The Morgan fingerprint density at radius 3 is 2.03 bits per heavy atom. The van der Waals surface area contributed by atoms with Gasteiger partial charge in [-0.25, -0.2) is 0 Å². The van der Waals surface area contributed by atoms with E-state index in [9.17, 15) is 14.4 Å². The van der Waals surface area contributed by atoms with E-state index < -0.39 is 0 Å². The third-order valence-corrected chi connectivity index (χ3v) is 7.86. The fraction of sp³-hybridized carbons (Fsp3) is 0.370. The zero-order valence-electron chi connectivity index (χ0n) is 19.3. The van der Waals surface area contributed by atoms with Gasteiger partial charge in [0.1, 0.15) is 0 Å². The second kappa shape index (κ2) is 11.6. The molecule has 0 spiro atoms. The lowest BCUT2D eigenvalue weighted by Gasteiger charge is -2.34. The summed E-state index contributed by atoms with van der Waals surface area (Å²) < 4.78 is 0. The highest BCUT2D eigenvalue weighted by Gasteiger charge is 2.34. The molecule has 2 saturated heterocycles. The van der Waals surface area contributed by atoms with E-state index in [1.807, 2.05) is 24.3 Å². The summed E-state index contributed by atoms with van der Waals surface area (Å²) in [6, 6.07) is 13.0. The molecular weight excluding hydrogens is 507 g/mol. The molecule has 2 aromatic carbocycles. The molecule has 0 unspecified atom stereocenters. The van der Waals surface area contributed by atoms with E-state index in [-0.39, 0.29) is 23.5 Å². The van der Waals surface area contributed by atoms with Gasteiger partial charge >= 0.3 is 0 Å². The van der Waals surface area contributed by atoms with Gasteiger partial charge in [-0.1, -0.05) is 53.0 Å². The number of piperidine rings is 2. The van der Waals surface area contributed by atoms with Crippen LogP contribution in [0.15, 0.2) is 48.5 Å². The van der Waals surface area contributed by atoms with E-state index in [0.717, 1.165) is 18.4 Å². The summed E-state index contributed by atoms with van der Waals surface area (Å²) in [5, 5.41) is 1.60. The van der Waals surface area contributed by atoms with Crippen LogP contribution in [0.25, 0.3) is 6.08 Å². The molecule has 2 aliphatic heterocycles. The SMILES string of the molecule is O=C(C(=O)N1CCC(c2ccc(Cl)cc2)CC1)C1CCN(C(=O)/C=C/c2ccc(Cl)c(Cl)c2)CC1. The van der Waals surface area contributed by atoms with E-state index in [4.69, 9.17) is 34.8 Å². The standard InChI is InChI=1S/C27H27Cl3N2O3/c28-22-5-3-19(4-6-22)20-9-15-32(16-10-20)27(35)26(34)21-11-13-31(14-12-21)25(33)8-2-18-1-7-23(29)24(30)17-18/h1-8,17,20-21H,9-16H2/b8-2+. The maximum absolute atomic E-state index is 12.9. The van der Waals surface area contributed by atoms with E-state index >= 15 is 0 Å². The van der Waals surface area contributed by atoms with Crippen molar-refractivity contribution in [3.05, 3.63) is 74.7 Å². The molecule has 2 heterocycles.